The van der Waals surface area contributed by atoms with Gasteiger partial charge < -0.3 is 20.0 Å². The van der Waals surface area contributed by atoms with E-state index in [9.17, 15) is 33.6 Å². The molecule has 5 aliphatic rings. The minimum Gasteiger partial charge on any atom is -0.375 e. The van der Waals surface area contributed by atoms with Crippen molar-refractivity contribution in [2.75, 3.05) is 61.3 Å². The van der Waals surface area contributed by atoms with E-state index < -0.39 is 35.7 Å². The van der Waals surface area contributed by atoms with E-state index in [1.165, 1.54) is 17.4 Å². The normalized spacial score (nSPS) is 20.3. The summed E-state index contributed by atoms with van der Waals surface area (Å²) in [5.74, 6) is -2.96. The molecule has 3 saturated heterocycles. The minimum atomic E-state index is -1.07. The van der Waals surface area contributed by atoms with Crippen molar-refractivity contribution in [2.24, 2.45) is 0 Å². The summed E-state index contributed by atoms with van der Waals surface area (Å²) in [6.45, 7) is 4.47. The topological polar surface area (TPSA) is 185 Å². The van der Waals surface area contributed by atoms with Crippen LogP contribution >= 0.6 is 11.3 Å². The fraction of sp³-hybridized carbons (Fsp3) is 0.349. The lowest BCUT2D eigenvalue weighted by Crippen LogP contribution is -2.55. The maximum Gasteiger partial charge on any atom is 0.264 e. The van der Waals surface area contributed by atoms with Crippen LogP contribution in [0.4, 0.5) is 16.5 Å². The lowest BCUT2D eigenvalue weighted by Gasteiger charge is -2.43. The molecule has 0 bridgehead atoms. The van der Waals surface area contributed by atoms with Gasteiger partial charge in [0.05, 0.1) is 17.7 Å². The van der Waals surface area contributed by atoms with Crippen LogP contribution in [0.3, 0.4) is 0 Å². The van der Waals surface area contributed by atoms with Gasteiger partial charge in [-0.05, 0) is 54.7 Å². The van der Waals surface area contributed by atoms with Crippen LogP contribution in [0.5, 0.6) is 0 Å². The van der Waals surface area contributed by atoms with Gasteiger partial charge in [-0.3, -0.25) is 54.0 Å². The molecule has 3 fully saturated rings. The van der Waals surface area contributed by atoms with Crippen molar-refractivity contribution in [3.05, 3.63) is 106 Å². The number of aromatic nitrogens is 1. The predicted molar refractivity (Wildman–Crippen MR) is 221 cm³/mol. The molecule has 3 N–H and O–H groups in total. The van der Waals surface area contributed by atoms with E-state index in [-0.39, 0.29) is 48.2 Å². The molecule has 0 saturated carbocycles. The Morgan fingerprint density at radius 1 is 0.833 bits per heavy atom. The van der Waals surface area contributed by atoms with Crippen LogP contribution in [0.15, 0.2) is 78.3 Å². The van der Waals surface area contributed by atoms with Crippen molar-refractivity contribution in [3.63, 3.8) is 0 Å². The molecule has 2 atom stereocenters. The summed E-state index contributed by atoms with van der Waals surface area (Å²) in [5, 5.41) is 10.4. The molecule has 1 aromatic heterocycles. The zero-order valence-electron chi connectivity index (χ0n) is 32.7. The smallest absolute Gasteiger partial charge is 0.264 e. The fourth-order valence-electron chi connectivity index (χ4n) is 9.05. The first-order valence-corrected chi connectivity index (χ1v) is 21.1. The van der Waals surface area contributed by atoms with Crippen molar-refractivity contribution in [2.45, 2.75) is 50.4 Å². The standard InChI is InChI=1S/C43H43N9O7S/c53-34-12-11-33(38(55)46-34)52-41(58)30-7-4-8-32(36(30)42(52)59)45-24-35(54)50-20-18-49(19-21-50)28-13-16-48(17-14-28)29-10-9-27-25-51(40(57)31(27)23-29)37(26-5-2-1-3-6-26)39(56)47-43-44-15-22-60-43/h1-10,15,22-23,28,33,37,45H,11-14,16-21,24-25H2,(H,44,47,56)(H,46,53,55). The average molecular weight is 830 g/mol. The minimum absolute atomic E-state index is 0.0317. The first-order valence-electron chi connectivity index (χ1n) is 20.2. The first-order chi connectivity index (χ1) is 29.1. The number of benzene rings is 3. The highest BCUT2D eigenvalue weighted by Gasteiger charge is 2.46. The number of nitrogens with zero attached hydrogens (tertiary/aromatic N) is 6. The van der Waals surface area contributed by atoms with Gasteiger partial charge in [-0.2, -0.15) is 0 Å². The van der Waals surface area contributed by atoms with Crippen LogP contribution in [-0.2, 0) is 25.7 Å². The number of piperazine rings is 1. The van der Waals surface area contributed by atoms with E-state index in [0.29, 0.717) is 42.1 Å². The third-order valence-electron chi connectivity index (χ3n) is 12.2. The molecule has 9 rings (SSSR count). The Kier molecular flexibility index (Phi) is 10.6. The highest BCUT2D eigenvalue weighted by molar-refractivity contribution is 7.13. The highest BCUT2D eigenvalue weighted by Crippen LogP contribution is 2.36. The molecule has 17 heteroatoms. The van der Waals surface area contributed by atoms with E-state index in [4.69, 9.17) is 0 Å². The van der Waals surface area contributed by atoms with Gasteiger partial charge in [-0.1, -0.05) is 42.5 Å². The van der Waals surface area contributed by atoms with E-state index >= 15 is 0 Å². The molecule has 0 radical (unpaired) electrons. The van der Waals surface area contributed by atoms with Gasteiger partial charge in [0.2, 0.25) is 17.7 Å². The monoisotopic (exact) mass is 829 g/mol. The summed E-state index contributed by atoms with van der Waals surface area (Å²) in [4.78, 5) is 105. The zero-order chi connectivity index (χ0) is 41.5. The molecular weight excluding hydrogens is 787 g/mol. The number of hydrogen-bond acceptors (Lipinski definition) is 12. The number of nitrogens with one attached hydrogen (secondary N) is 3. The molecule has 7 amide bonds. The molecule has 6 heterocycles. The summed E-state index contributed by atoms with van der Waals surface area (Å²) in [5.41, 5.74) is 3.82. The number of carbonyl (C=O) groups is 7. The number of amides is 7. The number of fused-ring (bicyclic) bond motifs is 2. The second-order valence-electron chi connectivity index (χ2n) is 15.6. The number of hydrogen-bond donors (Lipinski definition) is 3. The second-order valence-corrected chi connectivity index (χ2v) is 16.5. The lowest BCUT2D eigenvalue weighted by molar-refractivity contribution is -0.136. The molecule has 0 spiro atoms. The zero-order valence-corrected chi connectivity index (χ0v) is 33.5. The molecule has 60 heavy (non-hydrogen) atoms. The van der Waals surface area contributed by atoms with Gasteiger partial charge in [0.1, 0.15) is 12.1 Å². The molecule has 2 unspecified atom stereocenters. The Bertz CT molecular complexity index is 2380. The van der Waals surface area contributed by atoms with Crippen LogP contribution in [0.1, 0.15) is 73.9 Å². The van der Waals surface area contributed by atoms with Crippen molar-refractivity contribution < 1.29 is 33.6 Å². The summed E-state index contributed by atoms with van der Waals surface area (Å²) in [6, 6.07) is 18.6. The van der Waals surface area contributed by atoms with E-state index in [0.717, 1.165) is 60.7 Å². The highest BCUT2D eigenvalue weighted by atomic mass is 32.1. The Morgan fingerprint density at radius 3 is 2.35 bits per heavy atom. The molecule has 4 aromatic rings. The van der Waals surface area contributed by atoms with Crippen molar-refractivity contribution in [3.8, 4) is 0 Å². The number of anilines is 3. The Labute approximate surface area is 349 Å². The number of rotatable bonds is 10. The third-order valence-corrected chi connectivity index (χ3v) is 12.9. The van der Waals surface area contributed by atoms with Gasteiger partial charge in [-0.15, -0.1) is 11.3 Å². The number of imide groups is 2. The number of piperidine rings is 2. The molecule has 5 aliphatic heterocycles. The van der Waals surface area contributed by atoms with Crippen molar-refractivity contribution in [1.82, 2.24) is 29.9 Å². The van der Waals surface area contributed by atoms with Crippen molar-refractivity contribution in [1.29, 1.82) is 0 Å². The summed E-state index contributed by atoms with van der Waals surface area (Å²) < 4.78 is 0. The quantitative estimate of drug-likeness (QED) is 0.200. The fourth-order valence-corrected chi connectivity index (χ4v) is 9.59. The SMILES string of the molecule is O=C1CCC(N2C(=O)c3cccc(NCC(=O)N4CCN(C5CCN(c6ccc7c(c6)C(=O)N(C(C(=O)Nc6nccs6)c6ccccc6)C7)CC5)CC4)c3C2=O)C(=O)N1. The van der Waals surface area contributed by atoms with Crippen molar-refractivity contribution >= 4 is 69.2 Å². The third kappa shape index (κ3) is 7.38. The van der Waals surface area contributed by atoms with Gasteiger partial charge in [0.25, 0.3) is 23.6 Å². The van der Waals surface area contributed by atoms with Crippen LogP contribution in [0.2, 0.25) is 0 Å². The Morgan fingerprint density at radius 2 is 1.62 bits per heavy atom. The Balaban J connectivity index is 0.770. The van der Waals surface area contributed by atoms with E-state index in [2.05, 4.69) is 36.8 Å². The first kappa shape index (κ1) is 39.0. The van der Waals surface area contributed by atoms with Crippen LogP contribution < -0.4 is 20.9 Å². The molecule has 3 aromatic carbocycles. The van der Waals surface area contributed by atoms with Gasteiger partial charge in [-0.25, -0.2) is 4.98 Å². The number of thiazole rings is 1. The summed E-state index contributed by atoms with van der Waals surface area (Å²) in [6.07, 6.45) is 3.58. The molecule has 16 nitrogen and oxygen atoms in total. The Hall–Kier alpha value is -6.46. The maximum absolute atomic E-state index is 14.0. The summed E-state index contributed by atoms with van der Waals surface area (Å²) in [7, 11) is 0. The largest absolute Gasteiger partial charge is 0.375 e. The molecule has 0 aliphatic carbocycles. The van der Waals surface area contributed by atoms with E-state index in [1.807, 2.05) is 42.5 Å². The predicted octanol–water partition coefficient (Wildman–Crippen LogP) is 3.11. The molecule has 308 valence electrons. The average Bonchev–Trinajstić information content (AvgIpc) is 3.97. The van der Waals surface area contributed by atoms with Gasteiger partial charge in [0, 0.05) is 86.8 Å². The van der Waals surface area contributed by atoms with Gasteiger partial charge >= 0.3 is 0 Å². The van der Waals surface area contributed by atoms with Crippen LogP contribution in [0, 0.1) is 0 Å². The molecular formula is C43H43N9O7S. The van der Waals surface area contributed by atoms with Crippen LogP contribution in [-0.4, -0.2) is 124 Å². The maximum atomic E-state index is 14.0. The van der Waals surface area contributed by atoms with Gasteiger partial charge in [0.15, 0.2) is 5.13 Å². The summed E-state index contributed by atoms with van der Waals surface area (Å²) >= 11 is 1.32. The lowest BCUT2D eigenvalue weighted by atomic mass is 10.0. The second kappa shape index (κ2) is 16.3. The number of carbonyl (C=O) groups excluding carboxylic acids is 7. The van der Waals surface area contributed by atoms with Crippen LogP contribution in [0.25, 0.3) is 0 Å². The van der Waals surface area contributed by atoms with E-state index in [1.54, 1.807) is 33.5 Å².